The van der Waals surface area contributed by atoms with Crippen LogP contribution in [0.15, 0.2) is 0 Å². The summed E-state index contributed by atoms with van der Waals surface area (Å²) < 4.78 is 34.0. The quantitative estimate of drug-likeness (QED) is 0.710. The number of ether oxygens (including phenoxy) is 1. The Morgan fingerprint density at radius 1 is 1.19 bits per heavy atom. The van der Waals surface area contributed by atoms with Crippen LogP contribution >= 0.6 is 15.9 Å². The van der Waals surface area contributed by atoms with Crippen LogP contribution < -0.4 is 0 Å². The largest absolute Gasteiger partial charge is 0.362 e. The summed E-state index contributed by atoms with van der Waals surface area (Å²) in [5.41, 5.74) is 0. The number of alkyl halides is 1. The van der Waals surface area contributed by atoms with E-state index in [0.29, 0.717) is 11.8 Å². The predicted molar refractivity (Wildman–Crippen MR) is 84.7 cm³/mol. The lowest BCUT2D eigenvalue weighted by Gasteiger charge is -2.37. The molecule has 1 heterocycles. The smallest absolute Gasteiger partial charge is 0.217 e. The molecular formula is C15H24BrNO3S. The van der Waals surface area contributed by atoms with Gasteiger partial charge in [-0.15, -0.1) is 0 Å². The van der Waals surface area contributed by atoms with Gasteiger partial charge in [0.1, 0.15) is 5.01 Å². The maximum absolute atomic E-state index is 13.0. The molecule has 6 unspecified atom stereocenters. The van der Waals surface area contributed by atoms with E-state index in [0.717, 1.165) is 25.7 Å². The average Bonchev–Trinajstić information content (AvgIpc) is 3.03. The maximum atomic E-state index is 13.0. The van der Waals surface area contributed by atoms with Gasteiger partial charge in [-0.3, -0.25) is 0 Å². The van der Waals surface area contributed by atoms with Crippen molar-refractivity contribution in [1.82, 2.24) is 4.31 Å². The van der Waals surface area contributed by atoms with Gasteiger partial charge in [-0.25, -0.2) is 8.42 Å². The fourth-order valence-electron chi connectivity index (χ4n) is 5.42. The van der Waals surface area contributed by atoms with Crippen molar-refractivity contribution >= 4 is 26.0 Å². The lowest BCUT2D eigenvalue weighted by atomic mass is 9.89. The second kappa shape index (κ2) is 5.18. The van der Waals surface area contributed by atoms with E-state index in [4.69, 9.17) is 4.74 Å². The first-order valence-corrected chi connectivity index (χ1v) is 10.7. The summed E-state index contributed by atoms with van der Waals surface area (Å²) in [4.78, 5) is 0. The van der Waals surface area contributed by atoms with E-state index in [1.807, 2.05) is 11.2 Å². The van der Waals surface area contributed by atoms with E-state index in [9.17, 15) is 8.42 Å². The van der Waals surface area contributed by atoms with Crippen molar-refractivity contribution in [3.63, 3.8) is 0 Å². The third-order valence-corrected chi connectivity index (χ3v) is 8.73. The van der Waals surface area contributed by atoms with Gasteiger partial charge in [-0.2, -0.15) is 4.31 Å². The molecule has 4 fully saturated rings. The Balaban J connectivity index is 1.68. The molecule has 0 aromatic heterocycles. The fourth-order valence-corrected chi connectivity index (χ4v) is 8.43. The zero-order chi connectivity index (χ0) is 14.8. The van der Waals surface area contributed by atoms with Gasteiger partial charge in [-0.1, -0.05) is 35.2 Å². The number of rotatable bonds is 3. The molecule has 120 valence electrons. The second-order valence-electron chi connectivity index (χ2n) is 7.23. The van der Waals surface area contributed by atoms with Crippen molar-refractivity contribution in [2.24, 2.45) is 11.8 Å². The minimum atomic E-state index is -3.10. The highest BCUT2D eigenvalue weighted by Gasteiger charge is 2.67. The van der Waals surface area contributed by atoms with Gasteiger partial charge >= 0.3 is 0 Å². The molecule has 0 amide bonds. The molecule has 6 heteroatoms. The first-order valence-electron chi connectivity index (χ1n) is 8.32. The van der Waals surface area contributed by atoms with E-state index in [1.54, 1.807) is 0 Å². The highest BCUT2D eigenvalue weighted by molar-refractivity contribution is 9.09. The molecule has 21 heavy (non-hydrogen) atoms. The second-order valence-corrected chi connectivity index (χ2v) is 10.6. The number of hydrogen-bond acceptors (Lipinski definition) is 3. The van der Waals surface area contributed by atoms with Crippen LogP contribution in [0.3, 0.4) is 0 Å². The predicted octanol–water partition coefficient (Wildman–Crippen LogP) is 2.87. The van der Waals surface area contributed by atoms with Crippen LogP contribution in [-0.4, -0.2) is 41.2 Å². The van der Waals surface area contributed by atoms with Crippen LogP contribution in [0.1, 0.15) is 51.9 Å². The Morgan fingerprint density at radius 2 is 1.90 bits per heavy atom. The van der Waals surface area contributed by atoms with E-state index in [1.165, 1.54) is 19.3 Å². The van der Waals surface area contributed by atoms with Gasteiger partial charge in [0.15, 0.2) is 0 Å². The van der Waals surface area contributed by atoms with Crippen LogP contribution in [-0.2, 0) is 14.8 Å². The van der Waals surface area contributed by atoms with Gasteiger partial charge in [-0.05, 0) is 44.4 Å². The van der Waals surface area contributed by atoms with Crippen molar-refractivity contribution < 1.29 is 13.2 Å². The van der Waals surface area contributed by atoms with Gasteiger partial charge in [0, 0.05) is 6.04 Å². The molecule has 4 nitrogen and oxygen atoms in total. The standard InChI is InChI=1S/C15H24BrNO3S/c1-9(16)20-15-10-7-12-13(8-10)21(18,19)17(14(12)15)11-5-3-2-4-6-11/h9-15H,2-8H2,1H3. The lowest BCUT2D eigenvalue weighted by molar-refractivity contribution is -0.0267. The van der Waals surface area contributed by atoms with Crippen LogP contribution in [0, 0.1) is 11.8 Å². The van der Waals surface area contributed by atoms with E-state index in [2.05, 4.69) is 15.9 Å². The Morgan fingerprint density at radius 3 is 2.57 bits per heavy atom. The molecule has 4 aliphatic rings. The molecule has 0 radical (unpaired) electrons. The summed E-state index contributed by atoms with van der Waals surface area (Å²) in [5.74, 6) is 0.756. The summed E-state index contributed by atoms with van der Waals surface area (Å²) in [5, 5.41) is -0.114. The van der Waals surface area contributed by atoms with Crippen LogP contribution in [0.5, 0.6) is 0 Å². The minimum Gasteiger partial charge on any atom is -0.362 e. The fraction of sp³-hybridized carbons (Fsp3) is 1.00. The van der Waals surface area contributed by atoms with Gasteiger partial charge < -0.3 is 4.74 Å². The molecule has 3 aliphatic carbocycles. The van der Waals surface area contributed by atoms with Crippen molar-refractivity contribution in [2.75, 3.05) is 0 Å². The zero-order valence-corrected chi connectivity index (χ0v) is 14.9. The van der Waals surface area contributed by atoms with E-state index < -0.39 is 10.0 Å². The van der Waals surface area contributed by atoms with E-state index in [-0.39, 0.29) is 28.5 Å². The number of nitrogens with zero attached hydrogens (tertiary/aromatic N) is 1. The maximum Gasteiger partial charge on any atom is 0.217 e. The molecule has 0 spiro atoms. The van der Waals surface area contributed by atoms with Crippen LogP contribution in [0.4, 0.5) is 0 Å². The normalized spacial score (nSPS) is 47.0. The Kier molecular flexibility index (Phi) is 3.68. The molecule has 1 saturated heterocycles. The molecule has 1 aliphatic heterocycles. The third kappa shape index (κ3) is 2.16. The van der Waals surface area contributed by atoms with Gasteiger partial charge in [0.2, 0.25) is 10.0 Å². The molecule has 4 rings (SSSR count). The Bertz CT molecular complexity index is 517. The minimum absolute atomic E-state index is 0.00295. The first-order chi connectivity index (χ1) is 10.00. The molecule has 3 saturated carbocycles. The third-order valence-electron chi connectivity index (χ3n) is 6.08. The topological polar surface area (TPSA) is 46.6 Å². The van der Waals surface area contributed by atoms with Crippen molar-refractivity contribution in [3.05, 3.63) is 0 Å². The summed E-state index contributed by atoms with van der Waals surface area (Å²) >= 11 is 3.48. The number of halogens is 1. The number of sulfonamides is 1. The van der Waals surface area contributed by atoms with Gasteiger partial charge in [0.05, 0.1) is 17.4 Å². The van der Waals surface area contributed by atoms with Crippen LogP contribution in [0.25, 0.3) is 0 Å². The average molecular weight is 378 g/mol. The molecule has 6 atom stereocenters. The number of hydrogen-bond donors (Lipinski definition) is 0. The molecule has 0 N–H and O–H groups in total. The highest BCUT2D eigenvalue weighted by Crippen LogP contribution is 2.58. The molecule has 0 aromatic carbocycles. The number of fused-ring (bicyclic) bond motifs is 1. The zero-order valence-electron chi connectivity index (χ0n) is 12.4. The summed E-state index contributed by atoms with van der Waals surface area (Å²) in [7, 11) is -3.10. The van der Waals surface area contributed by atoms with Crippen molar-refractivity contribution in [2.45, 2.75) is 80.3 Å². The van der Waals surface area contributed by atoms with Crippen LogP contribution in [0.2, 0.25) is 0 Å². The summed E-state index contributed by atoms with van der Waals surface area (Å²) in [6.45, 7) is 1.98. The molecule has 0 aromatic rings. The lowest BCUT2D eigenvalue weighted by Crippen LogP contribution is -2.49. The molecule has 2 bridgehead atoms. The SMILES string of the molecule is CC(Br)OC1C2CC3C1N(C1CCCCC1)S(=O)(=O)C3C2. The first kappa shape index (κ1) is 14.9. The van der Waals surface area contributed by atoms with Gasteiger partial charge in [0.25, 0.3) is 0 Å². The molecular weight excluding hydrogens is 354 g/mol. The van der Waals surface area contributed by atoms with E-state index >= 15 is 0 Å². The summed E-state index contributed by atoms with van der Waals surface area (Å²) in [6, 6.07) is 0.344. The Hall–Kier alpha value is 0.350. The van der Waals surface area contributed by atoms with Crippen molar-refractivity contribution in [1.29, 1.82) is 0 Å². The van der Waals surface area contributed by atoms with Crippen molar-refractivity contribution in [3.8, 4) is 0 Å². The monoisotopic (exact) mass is 377 g/mol. The summed E-state index contributed by atoms with van der Waals surface area (Å²) in [6.07, 6.45) is 7.62. The Labute approximate surface area is 135 Å². The highest BCUT2D eigenvalue weighted by atomic mass is 79.9.